The standard InChI is InChI=1S/C22H22ClF4N5O.C8H12FN/c1-11-5-3-4-6-32(10-11)20-14-9-29-18(17(24)19(14)30-21(31-20)33-2)13-7-12(28)8-15(23)16(13)22(25,26)27;9-5-7-4-8-2-1-3-10(8)6-7/h7-9,11H,3-6,10,28H2,1-2H3;5,8H,1-4,6H2/b;7-5-. The summed E-state index contributed by atoms with van der Waals surface area (Å²) in [5.41, 5.74) is 4.13. The first kappa shape index (κ1) is 31.2. The van der Waals surface area contributed by atoms with Crippen LogP contribution in [-0.4, -0.2) is 59.2 Å². The van der Waals surface area contributed by atoms with E-state index >= 15 is 4.39 Å². The van der Waals surface area contributed by atoms with Crippen LogP contribution >= 0.6 is 11.6 Å². The van der Waals surface area contributed by atoms with Crippen molar-refractivity contribution in [2.45, 2.75) is 57.7 Å². The van der Waals surface area contributed by atoms with E-state index in [0.29, 0.717) is 30.9 Å². The lowest BCUT2D eigenvalue weighted by Crippen LogP contribution is -2.28. The van der Waals surface area contributed by atoms with Gasteiger partial charge in [0.1, 0.15) is 17.0 Å². The van der Waals surface area contributed by atoms with Gasteiger partial charge in [0.25, 0.3) is 0 Å². The molecule has 2 atom stereocenters. The van der Waals surface area contributed by atoms with Crippen molar-refractivity contribution in [1.29, 1.82) is 0 Å². The molecule has 6 rings (SSSR count). The lowest BCUT2D eigenvalue weighted by Gasteiger charge is -2.25. The molecule has 7 nitrogen and oxygen atoms in total. The van der Waals surface area contributed by atoms with Gasteiger partial charge in [-0.25, -0.2) is 8.78 Å². The van der Waals surface area contributed by atoms with E-state index in [9.17, 15) is 17.6 Å². The molecule has 3 aliphatic heterocycles. The normalized spacial score (nSPS) is 22.0. The molecule has 0 bridgehead atoms. The van der Waals surface area contributed by atoms with Gasteiger partial charge >= 0.3 is 12.2 Å². The van der Waals surface area contributed by atoms with Crippen LogP contribution in [0.4, 0.5) is 33.5 Å². The van der Waals surface area contributed by atoms with Gasteiger partial charge < -0.3 is 15.4 Å². The van der Waals surface area contributed by atoms with Gasteiger partial charge in [-0.15, -0.1) is 0 Å². The second-order valence-corrected chi connectivity index (χ2v) is 11.8. The number of ether oxygens (including phenoxy) is 1. The Bertz CT molecular complexity index is 1500. The molecule has 232 valence electrons. The first-order chi connectivity index (χ1) is 20.5. The van der Waals surface area contributed by atoms with Crippen LogP contribution < -0.4 is 15.4 Å². The van der Waals surface area contributed by atoms with E-state index in [1.54, 1.807) is 0 Å². The number of benzene rings is 1. The van der Waals surface area contributed by atoms with Crippen molar-refractivity contribution in [3.05, 3.63) is 46.6 Å². The topological polar surface area (TPSA) is 80.4 Å². The highest BCUT2D eigenvalue weighted by Crippen LogP contribution is 2.44. The minimum absolute atomic E-state index is 0.0520. The summed E-state index contributed by atoms with van der Waals surface area (Å²) < 4.78 is 74.2. The summed E-state index contributed by atoms with van der Waals surface area (Å²) in [6, 6.07) is 2.56. The van der Waals surface area contributed by atoms with E-state index in [2.05, 4.69) is 26.8 Å². The molecule has 3 saturated heterocycles. The highest BCUT2D eigenvalue weighted by molar-refractivity contribution is 6.32. The Labute approximate surface area is 251 Å². The molecule has 3 fully saturated rings. The number of fused-ring (bicyclic) bond motifs is 2. The van der Waals surface area contributed by atoms with E-state index in [-0.39, 0.29) is 22.6 Å². The fourth-order valence-corrected chi connectivity index (χ4v) is 6.57. The summed E-state index contributed by atoms with van der Waals surface area (Å²) >= 11 is 5.84. The van der Waals surface area contributed by atoms with Crippen molar-refractivity contribution in [1.82, 2.24) is 19.9 Å². The summed E-state index contributed by atoms with van der Waals surface area (Å²) in [6.45, 7) is 5.59. The number of nitrogens with zero attached hydrogens (tertiary/aromatic N) is 5. The summed E-state index contributed by atoms with van der Waals surface area (Å²) in [7, 11) is 1.34. The van der Waals surface area contributed by atoms with Gasteiger partial charge in [-0.3, -0.25) is 9.88 Å². The molecule has 3 aromatic rings. The summed E-state index contributed by atoms with van der Waals surface area (Å²) in [5.74, 6) is -0.209. The molecule has 0 radical (unpaired) electrons. The molecular formula is C30H34ClF5N6O. The van der Waals surface area contributed by atoms with Crippen molar-refractivity contribution in [2.24, 2.45) is 5.92 Å². The number of alkyl halides is 3. The quantitative estimate of drug-likeness (QED) is 0.240. The Morgan fingerprint density at radius 3 is 2.60 bits per heavy atom. The Kier molecular flexibility index (Phi) is 9.26. The summed E-state index contributed by atoms with van der Waals surface area (Å²) in [5, 5.41) is -0.354. The lowest BCUT2D eigenvalue weighted by molar-refractivity contribution is -0.137. The number of anilines is 2. The third-order valence-electron chi connectivity index (χ3n) is 8.24. The molecule has 0 amide bonds. The number of methoxy groups -OCH3 is 1. The number of aromatic nitrogens is 3. The number of rotatable bonds is 3. The van der Waals surface area contributed by atoms with Crippen molar-refractivity contribution in [2.75, 3.05) is 43.9 Å². The average molecular weight is 625 g/mol. The van der Waals surface area contributed by atoms with Crippen LogP contribution in [0, 0.1) is 11.7 Å². The SMILES string of the molecule is COc1nc(N2CCCCC(C)C2)c2cnc(-c3cc(N)cc(Cl)c3C(F)(F)F)c(F)c2n1.F/C=C1/CC2CCCN2C1. The number of nitrogens with two attached hydrogens (primary N) is 1. The summed E-state index contributed by atoms with van der Waals surface area (Å²) in [4.78, 5) is 17.0. The largest absolute Gasteiger partial charge is 0.467 e. The molecule has 43 heavy (non-hydrogen) atoms. The van der Waals surface area contributed by atoms with Crippen LogP contribution in [0.25, 0.3) is 22.2 Å². The highest BCUT2D eigenvalue weighted by Gasteiger charge is 2.38. The first-order valence-corrected chi connectivity index (χ1v) is 14.7. The van der Waals surface area contributed by atoms with Gasteiger partial charge in [0.2, 0.25) is 0 Å². The third-order valence-corrected chi connectivity index (χ3v) is 8.54. The van der Waals surface area contributed by atoms with Gasteiger partial charge in [0.05, 0.1) is 29.4 Å². The third kappa shape index (κ3) is 6.64. The molecule has 2 aromatic heterocycles. The van der Waals surface area contributed by atoms with Crippen molar-refractivity contribution in [3.63, 3.8) is 0 Å². The van der Waals surface area contributed by atoms with E-state index < -0.39 is 33.8 Å². The average Bonchev–Trinajstić information content (AvgIpc) is 3.49. The van der Waals surface area contributed by atoms with Crippen LogP contribution in [-0.2, 0) is 6.18 Å². The van der Waals surface area contributed by atoms with Crippen molar-refractivity contribution in [3.8, 4) is 17.3 Å². The van der Waals surface area contributed by atoms with Crippen LogP contribution in [0.1, 0.15) is 51.0 Å². The minimum atomic E-state index is -4.85. The van der Waals surface area contributed by atoms with Gasteiger partial charge in [0, 0.05) is 43.1 Å². The maximum Gasteiger partial charge on any atom is 0.418 e. The van der Waals surface area contributed by atoms with E-state index in [0.717, 1.165) is 56.3 Å². The Morgan fingerprint density at radius 2 is 1.91 bits per heavy atom. The monoisotopic (exact) mass is 624 g/mol. The maximum atomic E-state index is 15.7. The zero-order chi connectivity index (χ0) is 30.9. The first-order valence-electron chi connectivity index (χ1n) is 14.3. The molecule has 2 N–H and O–H groups in total. The number of hydrogen-bond donors (Lipinski definition) is 1. The number of halogens is 6. The van der Waals surface area contributed by atoms with Crippen molar-refractivity contribution >= 4 is 34.0 Å². The van der Waals surface area contributed by atoms with E-state index in [1.165, 1.54) is 32.7 Å². The van der Waals surface area contributed by atoms with Gasteiger partial charge in [-0.1, -0.05) is 24.9 Å². The highest BCUT2D eigenvalue weighted by atomic mass is 35.5. The van der Waals surface area contributed by atoms with Crippen LogP contribution in [0.3, 0.4) is 0 Å². The number of nitrogen functional groups attached to an aromatic ring is 1. The predicted molar refractivity (Wildman–Crippen MR) is 157 cm³/mol. The Balaban J connectivity index is 0.000000308. The zero-order valence-electron chi connectivity index (χ0n) is 24.0. The molecule has 3 aliphatic rings. The van der Waals surface area contributed by atoms with Gasteiger partial charge in [-0.05, 0) is 62.3 Å². The second kappa shape index (κ2) is 12.8. The van der Waals surface area contributed by atoms with E-state index in [4.69, 9.17) is 22.1 Å². The molecule has 2 unspecified atom stereocenters. The fourth-order valence-electron chi connectivity index (χ4n) is 6.23. The maximum absolute atomic E-state index is 15.7. The molecule has 0 aliphatic carbocycles. The van der Waals surface area contributed by atoms with Crippen LogP contribution in [0.15, 0.2) is 30.2 Å². The van der Waals surface area contributed by atoms with Crippen LogP contribution in [0.5, 0.6) is 6.01 Å². The second-order valence-electron chi connectivity index (χ2n) is 11.4. The molecule has 13 heteroatoms. The summed E-state index contributed by atoms with van der Waals surface area (Å²) in [6.07, 6.45) is 3.85. The Morgan fingerprint density at radius 1 is 1.12 bits per heavy atom. The molecule has 0 saturated carbocycles. The number of hydrogen-bond acceptors (Lipinski definition) is 7. The molecule has 1 aromatic carbocycles. The van der Waals surface area contributed by atoms with Gasteiger partial charge in [0.15, 0.2) is 5.82 Å². The van der Waals surface area contributed by atoms with Crippen molar-refractivity contribution < 1.29 is 26.7 Å². The molecular weight excluding hydrogens is 591 g/mol. The molecule has 0 spiro atoms. The smallest absolute Gasteiger partial charge is 0.418 e. The van der Waals surface area contributed by atoms with Crippen LogP contribution in [0.2, 0.25) is 5.02 Å². The minimum Gasteiger partial charge on any atom is -0.467 e. The number of pyridine rings is 1. The van der Waals surface area contributed by atoms with E-state index in [1.807, 2.05) is 4.90 Å². The predicted octanol–water partition coefficient (Wildman–Crippen LogP) is 7.43. The van der Waals surface area contributed by atoms with Gasteiger partial charge in [-0.2, -0.15) is 23.1 Å². The lowest BCUT2D eigenvalue weighted by atomic mass is 10.0. The Hall–Kier alpha value is -3.25. The zero-order valence-corrected chi connectivity index (χ0v) is 24.8. The fraction of sp³-hybridized carbons (Fsp3) is 0.500. The molecule has 5 heterocycles.